The Morgan fingerprint density at radius 2 is 1.69 bits per heavy atom. The van der Waals surface area contributed by atoms with Crippen LogP contribution in [0.4, 0.5) is 28.0 Å². The molecule has 5 atom stereocenters. The number of nitrogens with one attached hydrogen (secondary N) is 2. The first kappa shape index (κ1) is 33.8. The van der Waals surface area contributed by atoms with Crippen molar-refractivity contribution in [3.8, 4) is 5.75 Å². The average Bonchev–Trinajstić information content (AvgIpc) is 3.42. The summed E-state index contributed by atoms with van der Waals surface area (Å²) in [7, 11) is 1.47. The Labute approximate surface area is 277 Å². The highest BCUT2D eigenvalue weighted by molar-refractivity contribution is 5.99. The Kier molecular flexibility index (Phi) is 8.97. The number of likely N-dealkylation sites (tertiary alicyclic amines) is 1. The number of allylic oxidation sites excluding steroid dienone is 1. The molecule has 2 bridgehead atoms. The van der Waals surface area contributed by atoms with E-state index in [1.54, 1.807) is 17.0 Å². The number of rotatable bonds is 7. The van der Waals surface area contributed by atoms with Gasteiger partial charge in [-0.2, -0.15) is 13.2 Å². The highest BCUT2D eigenvalue weighted by Crippen LogP contribution is 2.54. The molecule has 2 aromatic carbocycles. The van der Waals surface area contributed by atoms with Gasteiger partial charge >= 0.3 is 12.3 Å². The van der Waals surface area contributed by atoms with Crippen molar-refractivity contribution in [1.82, 2.24) is 10.2 Å². The third-order valence-electron chi connectivity index (χ3n) is 9.87. The van der Waals surface area contributed by atoms with E-state index in [4.69, 9.17) is 9.47 Å². The predicted molar refractivity (Wildman–Crippen MR) is 170 cm³/mol. The standard InChI is InChI=1S/C36H41F4N3O5/c1-35(2,3)48-34(46)43-14-13-21(18-43)20-7-12-29(47-4)26(16-20)32(44)42-31-24-10-9-23(25(24)15-19-5-6-19)30(31)33(45)41-22-8-11-28(37)27(17-22)36(38,39)40/h7-8,11-12,15-17,19,21,23-24,30-31H,5-6,9-10,13-14,18H2,1-4H3,(H,41,45)(H,42,44)/b25-15-/t21?,23-,24+,30+,31+/m0/s1. The van der Waals surface area contributed by atoms with E-state index >= 15 is 0 Å². The van der Waals surface area contributed by atoms with E-state index in [1.165, 1.54) is 7.11 Å². The third kappa shape index (κ3) is 7.03. The number of alkyl halides is 3. The first-order valence-corrected chi connectivity index (χ1v) is 16.5. The molecule has 4 aliphatic rings. The summed E-state index contributed by atoms with van der Waals surface area (Å²) in [4.78, 5) is 42.2. The maximum absolute atomic E-state index is 14.0. The molecule has 3 amide bonds. The summed E-state index contributed by atoms with van der Waals surface area (Å²) in [5.41, 5.74) is 0.0193. The molecule has 48 heavy (non-hydrogen) atoms. The van der Waals surface area contributed by atoms with Crippen LogP contribution >= 0.6 is 0 Å². The molecule has 0 spiro atoms. The first-order valence-electron chi connectivity index (χ1n) is 16.5. The molecular formula is C36H41F4N3O5. The van der Waals surface area contributed by atoms with Crippen molar-refractivity contribution >= 4 is 23.6 Å². The highest BCUT2D eigenvalue weighted by atomic mass is 19.4. The number of hydrogen-bond acceptors (Lipinski definition) is 5. The van der Waals surface area contributed by atoms with E-state index in [0.717, 1.165) is 42.9 Å². The maximum atomic E-state index is 14.0. The summed E-state index contributed by atoms with van der Waals surface area (Å²) in [6.45, 7) is 6.40. The Morgan fingerprint density at radius 1 is 0.958 bits per heavy atom. The number of nitrogens with zero attached hydrogens (tertiary/aromatic N) is 1. The quantitative estimate of drug-likeness (QED) is 0.238. The smallest absolute Gasteiger partial charge is 0.419 e. The van der Waals surface area contributed by atoms with Gasteiger partial charge in [0.2, 0.25) is 5.91 Å². The lowest BCUT2D eigenvalue weighted by Gasteiger charge is -2.30. The SMILES string of the molecule is COc1ccc(C2CCN(C(=O)OC(C)(C)C)C2)cc1C(=O)N[C@H]1[C@H](C(=O)Nc2ccc(F)c(C(F)(F)F)c2)[C@H]2CC[C@@H]1/C2=C\C1CC1. The minimum atomic E-state index is -4.92. The Bertz CT molecular complexity index is 1630. The Morgan fingerprint density at radius 3 is 2.35 bits per heavy atom. The number of benzene rings is 2. The minimum Gasteiger partial charge on any atom is -0.496 e. The second kappa shape index (κ2) is 12.7. The number of carbonyl (C=O) groups is 3. The van der Waals surface area contributed by atoms with Crippen molar-refractivity contribution < 1.29 is 41.4 Å². The van der Waals surface area contributed by atoms with E-state index in [1.807, 2.05) is 26.8 Å². The van der Waals surface area contributed by atoms with E-state index in [0.29, 0.717) is 43.3 Å². The molecule has 8 nitrogen and oxygen atoms in total. The van der Waals surface area contributed by atoms with Crippen molar-refractivity contribution in [3.63, 3.8) is 0 Å². The highest BCUT2D eigenvalue weighted by Gasteiger charge is 2.55. The number of carbonyl (C=O) groups excluding carboxylic acids is 3. The van der Waals surface area contributed by atoms with Gasteiger partial charge < -0.3 is 25.0 Å². The molecule has 0 radical (unpaired) electrons. The summed E-state index contributed by atoms with van der Waals surface area (Å²) in [5.74, 6) is -2.63. The van der Waals surface area contributed by atoms with Gasteiger partial charge in [0.15, 0.2) is 0 Å². The van der Waals surface area contributed by atoms with Crippen LogP contribution in [0.1, 0.15) is 80.3 Å². The van der Waals surface area contributed by atoms with Crippen LogP contribution in [0.15, 0.2) is 48.0 Å². The number of methoxy groups -OCH3 is 1. The van der Waals surface area contributed by atoms with Crippen molar-refractivity contribution in [1.29, 1.82) is 0 Å². The largest absolute Gasteiger partial charge is 0.496 e. The number of amides is 3. The molecule has 1 aliphatic heterocycles. The molecule has 3 saturated carbocycles. The number of ether oxygens (including phenoxy) is 2. The lowest BCUT2D eigenvalue weighted by molar-refractivity contribution is -0.140. The fraction of sp³-hybridized carbons (Fsp3) is 0.528. The van der Waals surface area contributed by atoms with Gasteiger partial charge in [-0.05, 0) is 101 Å². The number of anilines is 1. The second-order valence-corrected chi connectivity index (χ2v) is 14.4. The zero-order chi connectivity index (χ0) is 34.5. The molecule has 12 heteroatoms. The lowest BCUT2D eigenvalue weighted by Crippen LogP contribution is -2.48. The van der Waals surface area contributed by atoms with Gasteiger partial charge in [0.1, 0.15) is 17.2 Å². The lowest BCUT2D eigenvalue weighted by atomic mass is 9.83. The Balaban J connectivity index is 1.24. The molecule has 1 saturated heterocycles. The molecule has 2 N–H and O–H groups in total. The molecule has 0 aromatic heterocycles. The molecule has 2 aromatic rings. The maximum Gasteiger partial charge on any atom is 0.419 e. The number of hydrogen-bond donors (Lipinski definition) is 2. The third-order valence-corrected chi connectivity index (χ3v) is 9.87. The molecule has 6 rings (SSSR count). The summed E-state index contributed by atoms with van der Waals surface area (Å²) in [5, 5.41) is 5.70. The topological polar surface area (TPSA) is 97.0 Å². The summed E-state index contributed by atoms with van der Waals surface area (Å²) >= 11 is 0. The van der Waals surface area contributed by atoms with Crippen LogP contribution in [0.2, 0.25) is 0 Å². The van der Waals surface area contributed by atoms with Gasteiger partial charge in [-0.3, -0.25) is 9.59 Å². The van der Waals surface area contributed by atoms with Gasteiger partial charge in [-0.25, -0.2) is 9.18 Å². The monoisotopic (exact) mass is 671 g/mol. The van der Waals surface area contributed by atoms with E-state index < -0.39 is 46.9 Å². The predicted octanol–water partition coefficient (Wildman–Crippen LogP) is 7.31. The van der Waals surface area contributed by atoms with E-state index in [2.05, 4.69) is 16.7 Å². The second-order valence-electron chi connectivity index (χ2n) is 14.4. The van der Waals surface area contributed by atoms with Crippen LogP contribution in [-0.4, -0.2) is 54.6 Å². The van der Waals surface area contributed by atoms with Gasteiger partial charge in [-0.1, -0.05) is 17.7 Å². The molecule has 1 unspecified atom stereocenters. The fourth-order valence-electron chi connectivity index (χ4n) is 7.52. The van der Waals surface area contributed by atoms with Crippen LogP contribution in [0, 0.1) is 29.5 Å². The average molecular weight is 672 g/mol. The van der Waals surface area contributed by atoms with Crippen LogP contribution < -0.4 is 15.4 Å². The molecule has 1 heterocycles. The van der Waals surface area contributed by atoms with Crippen molar-refractivity contribution in [2.24, 2.45) is 23.7 Å². The zero-order valence-electron chi connectivity index (χ0n) is 27.5. The van der Waals surface area contributed by atoms with Crippen molar-refractivity contribution in [3.05, 3.63) is 70.6 Å². The normalized spacial score (nSPS) is 26.1. The Hall–Kier alpha value is -4.09. The first-order chi connectivity index (χ1) is 22.6. The van der Waals surface area contributed by atoms with Crippen molar-refractivity contribution in [2.75, 3.05) is 25.5 Å². The summed E-state index contributed by atoms with van der Waals surface area (Å²) < 4.78 is 65.2. The van der Waals surface area contributed by atoms with Crippen LogP contribution in [-0.2, 0) is 15.7 Å². The van der Waals surface area contributed by atoms with Gasteiger partial charge in [0, 0.05) is 36.7 Å². The molecular weight excluding hydrogens is 630 g/mol. The summed E-state index contributed by atoms with van der Waals surface area (Å²) in [6, 6.07) is 7.14. The number of fused-ring (bicyclic) bond motifs is 2. The van der Waals surface area contributed by atoms with Crippen LogP contribution in [0.25, 0.3) is 0 Å². The van der Waals surface area contributed by atoms with Gasteiger partial charge in [0.05, 0.1) is 24.2 Å². The van der Waals surface area contributed by atoms with Crippen molar-refractivity contribution in [2.45, 2.75) is 76.6 Å². The zero-order valence-corrected chi connectivity index (χ0v) is 27.5. The van der Waals surface area contributed by atoms with Crippen LogP contribution in [0.5, 0.6) is 5.75 Å². The van der Waals surface area contributed by atoms with E-state index in [-0.39, 0.29) is 35.1 Å². The molecule has 4 fully saturated rings. The fourth-order valence-corrected chi connectivity index (χ4v) is 7.52. The van der Waals surface area contributed by atoms with E-state index in [9.17, 15) is 31.9 Å². The van der Waals surface area contributed by atoms with Gasteiger partial charge in [-0.15, -0.1) is 0 Å². The molecule has 3 aliphatic carbocycles. The molecule has 258 valence electrons. The summed E-state index contributed by atoms with van der Waals surface area (Å²) in [6.07, 6.45) is 1.21. The number of halogens is 4. The van der Waals surface area contributed by atoms with Gasteiger partial charge in [0.25, 0.3) is 5.91 Å². The van der Waals surface area contributed by atoms with Crippen LogP contribution in [0.3, 0.4) is 0 Å². The minimum absolute atomic E-state index is 0.0265.